The smallest absolute Gasteiger partial charge is 0.262 e. The molecule has 0 heterocycles. The van der Waals surface area contributed by atoms with E-state index in [1.807, 2.05) is 80.6 Å². The first-order valence-corrected chi connectivity index (χ1v) is 10.2. The van der Waals surface area contributed by atoms with Crippen LogP contribution in [0.3, 0.4) is 0 Å². The summed E-state index contributed by atoms with van der Waals surface area (Å²) in [7, 11) is 0. The third-order valence-corrected chi connectivity index (χ3v) is 4.19. The van der Waals surface area contributed by atoms with E-state index in [1.165, 1.54) is 0 Å². The molecule has 0 aliphatic rings. The van der Waals surface area contributed by atoms with Crippen LogP contribution in [0.2, 0.25) is 0 Å². The number of nitrogens with zero attached hydrogens (tertiary/aromatic N) is 1. The number of nitrogens with one attached hydrogen (secondary N) is 1. The van der Waals surface area contributed by atoms with Crippen LogP contribution in [0, 0.1) is 0 Å². The first-order chi connectivity index (χ1) is 15.2. The second kappa shape index (κ2) is 11.4. The van der Waals surface area contributed by atoms with Crippen LogP contribution in [0.1, 0.15) is 19.4 Å². The molecule has 1 amide bonds. The molecule has 3 aromatic rings. The van der Waals surface area contributed by atoms with Gasteiger partial charge in [-0.25, -0.2) is 0 Å². The predicted octanol–water partition coefficient (Wildman–Crippen LogP) is 5.25. The molecule has 0 saturated carbocycles. The van der Waals surface area contributed by atoms with Gasteiger partial charge in [-0.15, -0.1) is 0 Å². The number of carbonyl (C=O) groups is 1. The summed E-state index contributed by atoms with van der Waals surface area (Å²) in [4.78, 5) is 16.6. The van der Waals surface area contributed by atoms with Crippen molar-refractivity contribution in [1.29, 1.82) is 0 Å². The van der Waals surface area contributed by atoms with E-state index in [9.17, 15) is 4.79 Å². The third-order valence-electron chi connectivity index (χ3n) is 4.19. The molecule has 0 atom stereocenters. The van der Waals surface area contributed by atoms with E-state index in [2.05, 4.69) is 10.3 Å². The molecule has 3 aromatic carbocycles. The fourth-order valence-corrected chi connectivity index (χ4v) is 2.80. The van der Waals surface area contributed by atoms with Crippen LogP contribution in [0.25, 0.3) is 0 Å². The molecule has 3 rings (SSSR count). The molecular formula is C25H26N2O4. The Hall–Kier alpha value is -3.80. The van der Waals surface area contributed by atoms with Gasteiger partial charge in [0.2, 0.25) is 0 Å². The van der Waals surface area contributed by atoms with Crippen molar-refractivity contribution >= 4 is 23.5 Å². The Morgan fingerprint density at radius 1 is 0.871 bits per heavy atom. The van der Waals surface area contributed by atoms with E-state index in [4.69, 9.17) is 14.2 Å². The summed E-state index contributed by atoms with van der Waals surface area (Å²) in [5.41, 5.74) is 2.40. The molecule has 0 unspecified atom stereocenters. The molecule has 0 saturated heterocycles. The van der Waals surface area contributed by atoms with E-state index >= 15 is 0 Å². The van der Waals surface area contributed by atoms with Gasteiger partial charge in [0.25, 0.3) is 5.91 Å². The van der Waals surface area contributed by atoms with Crippen LogP contribution in [-0.2, 0) is 4.79 Å². The van der Waals surface area contributed by atoms with E-state index in [1.54, 1.807) is 12.3 Å². The summed E-state index contributed by atoms with van der Waals surface area (Å²) in [6, 6.07) is 22.3. The molecule has 0 fully saturated rings. The number of benzene rings is 3. The highest BCUT2D eigenvalue weighted by atomic mass is 16.5. The van der Waals surface area contributed by atoms with Gasteiger partial charge >= 0.3 is 0 Å². The molecule has 6 nitrogen and oxygen atoms in total. The molecule has 0 aliphatic heterocycles. The maximum Gasteiger partial charge on any atom is 0.262 e. The molecule has 31 heavy (non-hydrogen) atoms. The average molecular weight is 418 g/mol. The highest BCUT2D eigenvalue weighted by Gasteiger charge is 2.09. The standard InChI is InChI=1S/C25H26N2O4/c1-3-29-22-13-11-20(12-14-22)26-17-19-10-15-23(24(16-19)30-4-2)31-18-25(28)27-21-8-6-5-7-9-21/h5-17H,3-4,18H2,1-2H3,(H,27,28). The third kappa shape index (κ3) is 6.89. The van der Waals surface area contributed by atoms with Gasteiger partial charge in [-0.1, -0.05) is 18.2 Å². The van der Waals surface area contributed by atoms with Gasteiger partial charge in [0, 0.05) is 11.9 Å². The van der Waals surface area contributed by atoms with E-state index in [0.717, 1.165) is 22.7 Å². The number of anilines is 1. The normalized spacial score (nSPS) is 10.6. The average Bonchev–Trinajstić information content (AvgIpc) is 2.79. The lowest BCUT2D eigenvalue weighted by Gasteiger charge is -2.12. The lowest BCUT2D eigenvalue weighted by Crippen LogP contribution is -2.20. The number of ether oxygens (including phenoxy) is 3. The minimum atomic E-state index is -0.241. The quantitative estimate of drug-likeness (QED) is 0.457. The second-order valence-corrected chi connectivity index (χ2v) is 6.53. The van der Waals surface area contributed by atoms with E-state index in [-0.39, 0.29) is 12.5 Å². The number of carbonyl (C=O) groups excluding carboxylic acids is 1. The molecule has 1 N–H and O–H groups in total. The van der Waals surface area contributed by atoms with Crippen molar-refractivity contribution in [2.75, 3.05) is 25.1 Å². The summed E-state index contributed by atoms with van der Waals surface area (Å²) in [5, 5.41) is 2.79. The Balaban J connectivity index is 1.63. The molecule has 0 spiro atoms. The summed E-state index contributed by atoms with van der Waals surface area (Å²) >= 11 is 0. The lowest BCUT2D eigenvalue weighted by atomic mass is 10.2. The number of hydrogen-bond acceptors (Lipinski definition) is 5. The Labute approximate surface area is 182 Å². The van der Waals surface area contributed by atoms with Crippen molar-refractivity contribution in [3.05, 3.63) is 78.4 Å². The van der Waals surface area contributed by atoms with Gasteiger partial charge in [0.1, 0.15) is 5.75 Å². The van der Waals surface area contributed by atoms with Crippen molar-refractivity contribution < 1.29 is 19.0 Å². The van der Waals surface area contributed by atoms with Crippen molar-refractivity contribution in [3.8, 4) is 17.2 Å². The zero-order chi connectivity index (χ0) is 21.9. The van der Waals surface area contributed by atoms with Crippen LogP contribution < -0.4 is 19.5 Å². The molecule has 0 aromatic heterocycles. The summed E-state index contributed by atoms with van der Waals surface area (Å²) in [5.74, 6) is 1.64. The maximum absolute atomic E-state index is 12.1. The molecule has 0 radical (unpaired) electrons. The largest absolute Gasteiger partial charge is 0.494 e. The first kappa shape index (κ1) is 21.9. The van der Waals surface area contributed by atoms with Crippen molar-refractivity contribution in [3.63, 3.8) is 0 Å². The Morgan fingerprint density at radius 2 is 1.61 bits per heavy atom. The lowest BCUT2D eigenvalue weighted by molar-refractivity contribution is -0.118. The van der Waals surface area contributed by atoms with Gasteiger partial charge in [0.05, 0.1) is 18.9 Å². The van der Waals surface area contributed by atoms with Crippen LogP contribution in [0.4, 0.5) is 11.4 Å². The van der Waals surface area contributed by atoms with Crippen LogP contribution >= 0.6 is 0 Å². The monoisotopic (exact) mass is 418 g/mol. The van der Waals surface area contributed by atoms with E-state index in [0.29, 0.717) is 24.7 Å². The number of rotatable bonds is 10. The Morgan fingerprint density at radius 3 is 2.32 bits per heavy atom. The number of aliphatic imine (C=N–C) groups is 1. The highest BCUT2D eigenvalue weighted by molar-refractivity contribution is 5.91. The molecule has 6 heteroatoms. The maximum atomic E-state index is 12.1. The van der Waals surface area contributed by atoms with Gasteiger partial charge in [-0.05, 0) is 74.0 Å². The van der Waals surface area contributed by atoms with E-state index < -0.39 is 0 Å². The van der Waals surface area contributed by atoms with Crippen molar-refractivity contribution in [2.24, 2.45) is 4.99 Å². The Kier molecular flexibility index (Phi) is 8.05. The Bertz CT molecular complexity index is 1000. The first-order valence-electron chi connectivity index (χ1n) is 10.2. The fourth-order valence-electron chi connectivity index (χ4n) is 2.80. The minimum Gasteiger partial charge on any atom is -0.494 e. The molecule has 160 valence electrons. The van der Waals surface area contributed by atoms with Crippen molar-refractivity contribution in [1.82, 2.24) is 0 Å². The van der Waals surface area contributed by atoms with Gasteiger partial charge in [-0.3, -0.25) is 9.79 Å². The van der Waals surface area contributed by atoms with Crippen LogP contribution in [-0.4, -0.2) is 31.9 Å². The van der Waals surface area contributed by atoms with Gasteiger partial charge in [0.15, 0.2) is 18.1 Å². The second-order valence-electron chi connectivity index (χ2n) is 6.53. The minimum absolute atomic E-state index is 0.116. The topological polar surface area (TPSA) is 69.2 Å². The highest BCUT2D eigenvalue weighted by Crippen LogP contribution is 2.28. The number of hydrogen-bond donors (Lipinski definition) is 1. The van der Waals surface area contributed by atoms with Gasteiger partial charge in [-0.2, -0.15) is 0 Å². The molecule has 0 bridgehead atoms. The predicted molar refractivity (Wildman–Crippen MR) is 123 cm³/mol. The SMILES string of the molecule is CCOc1ccc(N=Cc2ccc(OCC(=O)Nc3ccccc3)c(OCC)c2)cc1. The number of para-hydroxylation sites is 1. The zero-order valence-electron chi connectivity index (χ0n) is 17.7. The van der Waals surface area contributed by atoms with Crippen LogP contribution in [0.15, 0.2) is 77.8 Å². The zero-order valence-corrected chi connectivity index (χ0v) is 17.7. The van der Waals surface area contributed by atoms with Crippen molar-refractivity contribution in [2.45, 2.75) is 13.8 Å². The molecular weight excluding hydrogens is 392 g/mol. The van der Waals surface area contributed by atoms with Crippen LogP contribution in [0.5, 0.6) is 17.2 Å². The summed E-state index contributed by atoms with van der Waals surface area (Å²) < 4.78 is 16.8. The fraction of sp³-hybridized carbons (Fsp3) is 0.200. The summed E-state index contributed by atoms with van der Waals surface area (Å²) in [6.07, 6.45) is 1.75. The summed E-state index contributed by atoms with van der Waals surface area (Å²) in [6.45, 7) is 4.84. The van der Waals surface area contributed by atoms with Gasteiger partial charge < -0.3 is 19.5 Å². The molecule has 0 aliphatic carbocycles. The number of amides is 1.